The Labute approximate surface area is 130 Å². The van der Waals surface area contributed by atoms with Crippen molar-refractivity contribution in [2.75, 3.05) is 16.8 Å². The van der Waals surface area contributed by atoms with Gasteiger partial charge in [-0.1, -0.05) is 19.9 Å². The number of anilines is 2. The van der Waals surface area contributed by atoms with Crippen LogP contribution in [0.3, 0.4) is 0 Å². The van der Waals surface area contributed by atoms with Crippen LogP contribution in [0.1, 0.15) is 27.2 Å². The smallest absolute Gasteiger partial charge is 0.268 e. The summed E-state index contributed by atoms with van der Waals surface area (Å²) in [7, 11) is 0. The van der Waals surface area contributed by atoms with Crippen molar-refractivity contribution < 1.29 is 14.3 Å². The first-order valence-corrected chi connectivity index (χ1v) is 7.45. The normalized spacial score (nSPS) is 17.0. The predicted octanol–water partition coefficient (Wildman–Crippen LogP) is 2.97. The number of nitrogens with one attached hydrogen (secondary N) is 1. The van der Waals surface area contributed by atoms with Crippen molar-refractivity contribution in [3.8, 4) is 5.75 Å². The Hall–Kier alpha value is -2.30. The van der Waals surface area contributed by atoms with Crippen LogP contribution in [0.4, 0.5) is 11.4 Å². The summed E-state index contributed by atoms with van der Waals surface area (Å²) in [6.07, 6.45) is 1.60. The molecular weight excluding hydrogens is 280 g/mol. The first-order chi connectivity index (χ1) is 10.4. The lowest BCUT2D eigenvalue weighted by Crippen LogP contribution is -2.44. The summed E-state index contributed by atoms with van der Waals surface area (Å²) < 4.78 is 5.65. The van der Waals surface area contributed by atoms with E-state index in [2.05, 4.69) is 11.9 Å². The van der Waals surface area contributed by atoms with Crippen molar-refractivity contribution in [2.24, 2.45) is 5.92 Å². The topological polar surface area (TPSA) is 58.6 Å². The predicted molar refractivity (Wildman–Crippen MR) is 87.2 cm³/mol. The Kier molecular flexibility index (Phi) is 4.85. The molecule has 1 heterocycles. The average Bonchev–Trinajstić information content (AvgIpc) is 2.42. The monoisotopic (exact) mass is 302 g/mol. The van der Waals surface area contributed by atoms with E-state index in [0.29, 0.717) is 36.0 Å². The second-order valence-electron chi connectivity index (χ2n) is 5.83. The third kappa shape index (κ3) is 3.47. The van der Waals surface area contributed by atoms with Crippen molar-refractivity contribution >= 4 is 23.2 Å². The lowest BCUT2D eigenvalue weighted by Gasteiger charge is -2.32. The zero-order chi connectivity index (χ0) is 16.3. The van der Waals surface area contributed by atoms with Crippen LogP contribution in [-0.2, 0) is 9.59 Å². The molecule has 5 nitrogen and oxygen atoms in total. The van der Waals surface area contributed by atoms with Crippen molar-refractivity contribution in [3.05, 3.63) is 30.9 Å². The quantitative estimate of drug-likeness (QED) is 0.851. The van der Waals surface area contributed by atoms with Gasteiger partial charge in [-0.2, -0.15) is 0 Å². The number of carbonyl (C=O) groups excluding carboxylic acids is 2. The number of carbonyl (C=O) groups is 2. The van der Waals surface area contributed by atoms with Gasteiger partial charge in [-0.25, -0.2) is 0 Å². The summed E-state index contributed by atoms with van der Waals surface area (Å²) in [6.45, 7) is 9.81. The summed E-state index contributed by atoms with van der Waals surface area (Å²) in [4.78, 5) is 25.6. The molecule has 0 fully saturated rings. The number of ether oxygens (including phenoxy) is 1. The van der Waals surface area contributed by atoms with E-state index in [-0.39, 0.29) is 11.8 Å². The Morgan fingerprint density at radius 2 is 2.23 bits per heavy atom. The van der Waals surface area contributed by atoms with Gasteiger partial charge in [0, 0.05) is 24.7 Å². The van der Waals surface area contributed by atoms with Gasteiger partial charge in [-0.15, -0.1) is 6.58 Å². The molecule has 1 atom stereocenters. The highest BCUT2D eigenvalue weighted by Gasteiger charge is 2.30. The van der Waals surface area contributed by atoms with Gasteiger partial charge in [0.15, 0.2) is 6.10 Å². The van der Waals surface area contributed by atoms with Crippen LogP contribution >= 0.6 is 0 Å². The van der Waals surface area contributed by atoms with E-state index in [4.69, 9.17) is 4.74 Å². The van der Waals surface area contributed by atoms with Crippen molar-refractivity contribution in [2.45, 2.75) is 33.3 Å². The molecule has 0 aromatic heterocycles. The molecule has 1 aromatic carbocycles. The minimum atomic E-state index is -0.547. The number of hydrogen-bond acceptors (Lipinski definition) is 3. The molecule has 5 heteroatoms. The van der Waals surface area contributed by atoms with Crippen molar-refractivity contribution in [3.63, 3.8) is 0 Å². The van der Waals surface area contributed by atoms with Crippen LogP contribution in [0.25, 0.3) is 0 Å². The minimum absolute atomic E-state index is 0.0298. The summed E-state index contributed by atoms with van der Waals surface area (Å²) in [6, 6.07) is 5.32. The highest BCUT2D eigenvalue weighted by atomic mass is 16.5. The van der Waals surface area contributed by atoms with Gasteiger partial charge >= 0.3 is 0 Å². The van der Waals surface area contributed by atoms with Gasteiger partial charge in [0.2, 0.25) is 5.91 Å². The van der Waals surface area contributed by atoms with Gasteiger partial charge in [-0.3, -0.25) is 9.59 Å². The Morgan fingerprint density at radius 3 is 2.86 bits per heavy atom. The lowest BCUT2D eigenvalue weighted by molar-refractivity contribution is -0.125. The molecule has 2 amide bonds. The average molecular weight is 302 g/mol. The molecule has 0 aliphatic carbocycles. The molecule has 1 unspecified atom stereocenters. The maximum Gasteiger partial charge on any atom is 0.268 e. The molecule has 1 aromatic rings. The largest absolute Gasteiger partial charge is 0.479 e. The van der Waals surface area contributed by atoms with Crippen molar-refractivity contribution in [1.82, 2.24) is 0 Å². The molecule has 0 bridgehead atoms. The van der Waals surface area contributed by atoms with E-state index in [1.807, 2.05) is 13.8 Å². The van der Waals surface area contributed by atoms with E-state index in [1.54, 1.807) is 36.1 Å². The van der Waals surface area contributed by atoms with Crippen LogP contribution in [-0.4, -0.2) is 24.5 Å². The SMILES string of the molecule is C=CCN1C(=O)C(C)Oc2cc(NC(=O)CC(C)C)ccc21. The molecule has 1 N–H and O–H groups in total. The van der Waals surface area contributed by atoms with Crippen LogP contribution in [0.2, 0.25) is 0 Å². The Morgan fingerprint density at radius 1 is 1.50 bits per heavy atom. The third-order valence-corrected chi connectivity index (χ3v) is 3.36. The number of amides is 2. The van der Waals surface area contributed by atoms with Crippen LogP contribution in [0.15, 0.2) is 30.9 Å². The third-order valence-electron chi connectivity index (χ3n) is 3.36. The molecule has 22 heavy (non-hydrogen) atoms. The van der Waals surface area contributed by atoms with E-state index >= 15 is 0 Å². The number of rotatable bonds is 5. The molecular formula is C17H22N2O3. The number of benzene rings is 1. The summed E-state index contributed by atoms with van der Waals surface area (Å²) in [5.74, 6) is 0.771. The molecule has 118 valence electrons. The Balaban J connectivity index is 2.23. The lowest BCUT2D eigenvalue weighted by atomic mass is 10.1. The second kappa shape index (κ2) is 6.64. The molecule has 0 saturated carbocycles. The van der Waals surface area contributed by atoms with E-state index in [0.717, 1.165) is 0 Å². The van der Waals surface area contributed by atoms with Crippen LogP contribution in [0, 0.1) is 5.92 Å². The molecule has 0 saturated heterocycles. The van der Waals surface area contributed by atoms with Crippen molar-refractivity contribution in [1.29, 1.82) is 0 Å². The van der Waals surface area contributed by atoms with Gasteiger partial charge < -0.3 is 15.0 Å². The first kappa shape index (κ1) is 16.1. The van der Waals surface area contributed by atoms with Gasteiger partial charge in [0.25, 0.3) is 5.91 Å². The number of hydrogen-bond donors (Lipinski definition) is 1. The maximum atomic E-state index is 12.1. The van der Waals surface area contributed by atoms with Gasteiger partial charge in [0.1, 0.15) is 5.75 Å². The fourth-order valence-corrected chi connectivity index (χ4v) is 2.39. The molecule has 1 aliphatic rings. The molecule has 2 rings (SSSR count). The summed E-state index contributed by atoms with van der Waals surface area (Å²) in [5, 5.41) is 2.85. The van der Waals surface area contributed by atoms with Gasteiger partial charge in [-0.05, 0) is 25.0 Å². The first-order valence-electron chi connectivity index (χ1n) is 7.45. The standard InChI is InChI=1S/C17H22N2O3/c1-5-8-19-14-7-6-13(18-16(20)9-11(2)3)10-15(14)22-12(4)17(19)21/h5-7,10-12H,1,8-9H2,2-4H3,(H,18,20). The summed E-state index contributed by atoms with van der Waals surface area (Å²) in [5.41, 5.74) is 1.37. The summed E-state index contributed by atoms with van der Waals surface area (Å²) >= 11 is 0. The molecule has 0 radical (unpaired) electrons. The Bertz CT molecular complexity index is 596. The fourth-order valence-electron chi connectivity index (χ4n) is 2.39. The molecule has 0 spiro atoms. The van der Waals surface area contributed by atoms with E-state index in [1.165, 1.54) is 0 Å². The molecule has 1 aliphatic heterocycles. The zero-order valence-corrected chi connectivity index (χ0v) is 13.3. The minimum Gasteiger partial charge on any atom is -0.479 e. The van der Waals surface area contributed by atoms with E-state index in [9.17, 15) is 9.59 Å². The number of fused-ring (bicyclic) bond motifs is 1. The second-order valence-corrected chi connectivity index (χ2v) is 5.83. The fraction of sp³-hybridized carbons (Fsp3) is 0.412. The highest BCUT2D eigenvalue weighted by Crippen LogP contribution is 2.36. The number of nitrogens with zero attached hydrogens (tertiary/aromatic N) is 1. The van der Waals surface area contributed by atoms with Crippen LogP contribution < -0.4 is 15.0 Å². The van der Waals surface area contributed by atoms with Crippen LogP contribution in [0.5, 0.6) is 5.75 Å². The van der Waals surface area contributed by atoms with E-state index < -0.39 is 6.10 Å². The van der Waals surface area contributed by atoms with Gasteiger partial charge in [0.05, 0.1) is 5.69 Å². The maximum absolute atomic E-state index is 12.1. The zero-order valence-electron chi connectivity index (χ0n) is 13.3. The highest BCUT2D eigenvalue weighted by molar-refractivity contribution is 6.01.